The molecule has 0 aliphatic carbocycles. The first kappa shape index (κ1) is 25.8. The molecule has 4 rings (SSSR count). The Morgan fingerprint density at radius 1 is 1.03 bits per heavy atom. The highest BCUT2D eigenvalue weighted by Gasteiger charge is 2.13. The molecule has 1 aromatic heterocycles. The van der Waals surface area contributed by atoms with Crippen molar-refractivity contribution < 1.29 is 19.2 Å². The lowest BCUT2D eigenvalue weighted by molar-refractivity contribution is -0.384. The number of hydrogen-bond donors (Lipinski definition) is 2. The van der Waals surface area contributed by atoms with Gasteiger partial charge in [-0.05, 0) is 49.4 Å². The van der Waals surface area contributed by atoms with Gasteiger partial charge in [0.15, 0.2) is 0 Å². The molecule has 0 saturated heterocycles. The number of thioether (sulfide) groups is 1. The lowest BCUT2D eigenvalue weighted by Gasteiger charge is -2.08. The molecule has 190 valence electrons. The van der Waals surface area contributed by atoms with Gasteiger partial charge >= 0.3 is 0 Å². The summed E-state index contributed by atoms with van der Waals surface area (Å²) in [5.41, 5.74) is 2.01. The number of nitrogens with zero attached hydrogens (tertiary/aromatic N) is 2. The maximum Gasteiger partial charge on any atom is 0.269 e. The molecule has 0 radical (unpaired) electrons. The van der Waals surface area contributed by atoms with Crippen molar-refractivity contribution in [2.24, 2.45) is 0 Å². The van der Waals surface area contributed by atoms with Crippen LogP contribution in [0.15, 0.2) is 83.9 Å². The average molecular weight is 519 g/mol. The zero-order valence-corrected chi connectivity index (χ0v) is 21.0. The van der Waals surface area contributed by atoms with E-state index in [1.807, 2.05) is 66.2 Å². The van der Waals surface area contributed by atoms with Gasteiger partial charge in [-0.15, -0.1) is 11.8 Å². The van der Waals surface area contributed by atoms with E-state index in [9.17, 15) is 19.7 Å². The van der Waals surface area contributed by atoms with Crippen molar-refractivity contribution in [3.63, 3.8) is 0 Å². The molecule has 0 atom stereocenters. The summed E-state index contributed by atoms with van der Waals surface area (Å²) in [6.45, 7) is 3.40. The molecule has 0 aliphatic heterocycles. The largest absolute Gasteiger partial charge is 0.494 e. The predicted molar refractivity (Wildman–Crippen MR) is 144 cm³/mol. The second-order valence-electron chi connectivity index (χ2n) is 8.06. The summed E-state index contributed by atoms with van der Waals surface area (Å²) in [7, 11) is 0. The minimum atomic E-state index is -0.502. The SMILES string of the molecule is CCOc1ccc(NC(=O)CSc2cn(CCNC(=O)c3ccc([N+](=O)[O-])cc3)c3ccccc23)cc1. The zero-order chi connectivity index (χ0) is 26.2. The van der Waals surface area contributed by atoms with Gasteiger partial charge in [-0.1, -0.05) is 18.2 Å². The summed E-state index contributed by atoms with van der Waals surface area (Å²) < 4.78 is 7.47. The lowest BCUT2D eigenvalue weighted by Crippen LogP contribution is -2.27. The minimum absolute atomic E-state index is 0.0615. The Labute approximate surface area is 218 Å². The third-order valence-electron chi connectivity index (χ3n) is 5.54. The first-order valence-electron chi connectivity index (χ1n) is 11.7. The number of hydrogen-bond acceptors (Lipinski definition) is 6. The summed E-state index contributed by atoms with van der Waals surface area (Å²) in [6.07, 6.45) is 1.98. The Morgan fingerprint density at radius 2 is 1.76 bits per heavy atom. The minimum Gasteiger partial charge on any atom is -0.494 e. The van der Waals surface area contributed by atoms with Gasteiger partial charge in [0, 0.05) is 58.5 Å². The second kappa shape index (κ2) is 12.1. The van der Waals surface area contributed by atoms with E-state index in [1.54, 1.807) is 0 Å². The van der Waals surface area contributed by atoms with Gasteiger partial charge in [0.25, 0.3) is 11.6 Å². The van der Waals surface area contributed by atoms with Crippen LogP contribution in [-0.2, 0) is 11.3 Å². The number of fused-ring (bicyclic) bond motifs is 1. The number of aromatic nitrogens is 1. The molecule has 4 aromatic rings. The number of carbonyl (C=O) groups is 2. The normalized spacial score (nSPS) is 10.7. The maximum absolute atomic E-state index is 12.5. The third kappa shape index (κ3) is 6.68. The zero-order valence-electron chi connectivity index (χ0n) is 20.2. The van der Waals surface area contributed by atoms with Crippen molar-refractivity contribution >= 4 is 45.9 Å². The number of carbonyl (C=O) groups excluding carboxylic acids is 2. The number of benzene rings is 3. The van der Waals surface area contributed by atoms with Crippen LogP contribution in [0.4, 0.5) is 11.4 Å². The van der Waals surface area contributed by atoms with E-state index in [1.165, 1.54) is 36.0 Å². The predicted octanol–water partition coefficient (Wildman–Crippen LogP) is 5.11. The fourth-order valence-electron chi connectivity index (χ4n) is 3.78. The molecule has 3 aromatic carbocycles. The Bertz CT molecular complexity index is 1400. The summed E-state index contributed by atoms with van der Waals surface area (Å²) in [6, 6.07) is 20.7. The van der Waals surface area contributed by atoms with Crippen LogP contribution in [0.5, 0.6) is 5.75 Å². The number of non-ortho nitro benzene ring substituents is 1. The number of anilines is 1. The van der Waals surface area contributed by atoms with E-state index in [4.69, 9.17) is 4.74 Å². The molecule has 2 amide bonds. The number of rotatable bonds is 11. The monoisotopic (exact) mass is 518 g/mol. The topological polar surface area (TPSA) is 116 Å². The number of ether oxygens (including phenoxy) is 1. The molecule has 0 aliphatic rings. The number of nitro benzene ring substituents is 1. The van der Waals surface area contributed by atoms with Crippen molar-refractivity contribution in [2.45, 2.75) is 18.4 Å². The Balaban J connectivity index is 1.34. The highest BCUT2D eigenvalue weighted by Crippen LogP contribution is 2.30. The quantitative estimate of drug-likeness (QED) is 0.162. The van der Waals surface area contributed by atoms with Crippen molar-refractivity contribution in [2.75, 3.05) is 24.2 Å². The van der Waals surface area contributed by atoms with Gasteiger partial charge in [-0.2, -0.15) is 0 Å². The molecule has 0 saturated carbocycles. The van der Waals surface area contributed by atoms with Crippen molar-refractivity contribution in [1.29, 1.82) is 0 Å². The fraction of sp³-hybridized carbons (Fsp3) is 0.185. The number of para-hydroxylation sites is 1. The summed E-state index contributed by atoms with van der Waals surface area (Å²) in [5.74, 6) is 0.595. The standard InChI is InChI=1S/C27H26N4O5S/c1-2-36-22-13-9-20(10-14-22)29-26(32)18-37-25-17-30(24-6-4-3-5-23(24)25)16-15-28-27(33)19-7-11-21(12-8-19)31(34)35/h3-14,17H,2,15-16,18H2,1H3,(H,28,33)(H,29,32). The highest BCUT2D eigenvalue weighted by atomic mass is 32.2. The summed E-state index contributed by atoms with van der Waals surface area (Å²) in [4.78, 5) is 36.2. The van der Waals surface area contributed by atoms with Crippen LogP contribution in [0, 0.1) is 10.1 Å². The molecule has 10 heteroatoms. The molecule has 37 heavy (non-hydrogen) atoms. The van der Waals surface area contributed by atoms with Crippen molar-refractivity contribution in [1.82, 2.24) is 9.88 Å². The Hall–Kier alpha value is -4.31. The van der Waals surface area contributed by atoms with Gasteiger partial charge < -0.3 is 19.9 Å². The van der Waals surface area contributed by atoms with Gasteiger partial charge in [-0.3, -0.25) is 19.7 Å². The van der Waals surface area contributed by atoms with Crippen LogP contribution in [0.1, 0.15) is 17.3 Å². The highest BCUT2D eigenvalue weighted by molar-refractivity contribution is 8.00. The van der Waals surface area contributed by atoms with Crippen LogP contribution in [0.2, 0.25) is 0 Å². The van der Waals surface area contributed by atoms with E-state index in [-0.39, 0.29) is 23.3 Å². The van der Waals surface area contributed by atoms with E-state index < -0.39 is 4.92 Å². The smallest absolute Gasteiger partial charge is 0.269 e. The number of nitrogens with one attached hydrogen (secondary N) is 2. The first-order valence-corrected chi connectivity index (χ1v) is 12.7. The van der Waals surface area contributed by atoms with Gasteiger partial charge in [0.1, 0.15) is 5.75 Å². The van der Waals surface area contributed by atoms with Gasteiger partial charge in [0.05, 0.1) is 17.3 Å². The summed E-state index contributed by atoms with van der Waals surface area (Å²) in [5, 5.41) is 17.6. The Kier molecular flexibility index (Phi) is 8.42. The fourth-order valence-corrected chi connectivity index (χ4v) is 4.67. The van der Waals surface area contributed by atoms with E-state index >= 15 is 0 Å². The molecule has 2 N–H and O–H groups in total. The lowest BCUT2D eigenvalue weighted by atomic mass is 10.2. The molecule has 0 unspecified atom stereocenters. The van der Waals surface area contributed by atoms with Crippen molar-refractivity contribution in [3.05, 3.63) is 94.7 Å². The van der Waals surface area contributed by atoms with E-state index in [0.29, 0.717) is 30.9 Å². The Morgan fingerprint density at radius 3 is 2.46 bits per heavy atom. The first-order chi connectivity index (χ1) is 17.9. The van der Waals surface area contributed by atoms with Crippen LogP contribution < -0.4 is 15.4 Å². The number of nitro groups is 1. The van der Waals surface area contributed by atoms with Gasteiger partial charge in [0.2, 0.25) is 5.91 Å². The van der Waals surface area contributed by atoms with Crippen LogP contribution in [-0.4, -0.2) is 40.2 Å². The van der Waals surface area contributed by atoms with Crippen LogP contribution in [0.3, 0.4) is 0 Å². The van der Waals surface area contributed by atoms with Crippen LogP contribution >= 0.6 is 11.8 Å². The third-order valence-corrected chi connectivity index (χ3v) is 6.58. The molecule has 0 bridgehead atoms. The van der Waals surface area contributed by atoms with Crippen LogP contribution in [0.25, 0.3) is 10.9 Å². The van der Waals surface area contributed by atoms with E-state index in [0.717, 1.165) is 21.5 Å². The second-order valence-corrected chi connectivity index (χ2v) is 9.08. The molecule has 0 spiro atoms. The molecular formula is C27H26N4O5S. The van der Waals surface area contributed by atoms with Gasteiger partial charge in [-0.25, -0.2) is 0 Å². The molecule has 0 fully saturated rings. The molecular weight excluding hydrogens is 492 g/mol. The maximum atomic E-state index is 12.5. The number of amides is 2. The van der Waals surface area contributed by atoms with E-state index in [2.05, 4.69) is 10.6 Å². The molecule has 9 nitrogen and oxygen atoms in total. The average Bonchev–Trinajstić information content (AvgIpc) is 3.26. The molecule has 1 heterocycles. The summed E-state index contributed by atoms with van der Waals surface area (Å²) >= 11 is 1.45. The van der Waals surface area contributed by atoms with Crippen molar-refractivity contribution in [3.8, 4) is 5.75 Å².